The van der Waals surface area contributed by atoms with Crippen molar-refractivity contribution in [2.45, 2.75) is 19.3 Å². The zero-order valence-corrected chi connectivity index (χ0v) is 12.7. The summed E-state index contributed by atoms with van der Waals surface area (Å²) < 4.78 is 27.3. The van der Waals surface area contributed by atoms with Gasteiger partial charge in [0.1, 0.15) is 11.6 Å². The van der Waals surface area contributed by atoms with E-state index in [1.807, 2.05) is 0 Å². The minimum Gasteiger partial charge on any atom is -0.370 e. The molecule has 5 heteroatoms. The summed E-state index contributed by atoms with van der Waals surface area (Å²) in [5.74, 6) is -1.61. The molecule has 2 aromatic carbocycles. The molecule has 1 amide bonds. The van der Waals surface area contributed by atoms with Gasteiger partial charge < -0.3 is 10.2 Å². The number of nitrogens with zero attached hydrogens (tertiary/aromatic N) is 1. The van der Waals surface area contributed by atoms with Gasteiger partial charge in [0.25, 0.3) is 5.91 Å². The van der Waals surface area contributed by atoms with Crippen LogP contribution in [0.25, 0.3) is 0 Å². The van der Waals surface area contributed by atoms with Crippen LogP contribution in [-0.2, 0) is 0 Å². The van der Waals surface area contributed by atoms with E-state index in [1.165, 1.54) is 36.8 Å². The predicted octanol–water partition coefficient (Wildman–Crippen LogP) is 4.21. The van der Waals surface area contributed by atoms with Crippen molar-refractivity contribution in [3.05, 3.63) is 59.7 Å². The molecule has 1 heterocycles. The molecule has 3 nitrogen and oxygen atoms in total. The lowest BCUT2D eigenvalue weighted by molar-refractivity contribution is 0.102. The number of nitrogens with one attached hydrogen (secondary N) is 1. The molecule has 0 bridgehead atoms. The summed E-state index contributed by atoms with van der Waals surface area (Å²) in [7, 11) is 0. The standard InChI is InChI=1S/C18H18F2N2O/c19-13-8-9-17(22-10-4-1-5-11-22)16(12-13)21-18(23)14-6-2-3-7-15(14)20/h2-3,6-9,12H,1,4-5,10-11H2,(H,21,23). The van der Waals surface area contributed by atoms with Crippen LogP contribution in [0.5, 0.6) is 0 Å². The molecular formula is C18H18F2N2O. The summed E-state index contributed by atoms with van der Waals surface area (Å²) in [6.07, 6.45) is 3.31. The van der Waals surface area contributed by atoms with Crippen LogP contribution >= 0.6 is 0 Å². The summed E-state index contributed by atoms with van der Waals surface area (Å²) in [4.78, 5) is 14.4. The van der Waals surface area contributed by atoms with E-state index in [-0.39, 0.29) is 5.56 Å². The summed E-state index contributed by atoms with van der Waals surface area (Å²) in [5.41, 5.74) is 1.09. The number of hydrogen-bond acceptors (Lipinski definition) is 2. The number of rotatable bonds is 3. The minimum absolute atomic E-state index is 0.0543. The van der Waals surface area contributed by atoms with Crippen LogP contribution in [0.15, 0.2) is 42.5 Å². The summed E-state index contributed by atoms with van der Waals surface area (Å²) in [6, 6.07) is 10.1. The largest absolute Gasteiger partial charge is 0.370 e. The Hall–Kier alpha value is -2.43. The van der Waals surface area contributed by atoms with Crippen molar-refractivity contribution in [2.24, 2.45) is 0 Å². The normalized spacial score (nSPS) is 14.6. The summed E-state index contributed by atoms with van der Waals surface area (Å²) in [6.45, 7) is 1.74. The van der Waals surface area contributed by atoms with Crippen LogP contribution in [0.4, 0.5) is 20.2 Å². The van der Waals surface area contributed by atoms with Crippen molar-refractivity contribution in [1.82, 2.24) is 0 Å². The van der Waals surface area contributed by atoms with E-state index in [1.54, 1.807) is 12.1 Å². The summed E-state index contributed by atoms with van der Waals surface area (Å²) in [5, 5.41) is 2.65. The van der Waals surface area contributed by atoms with Crippen LogP contribution in [-0.4, -0.2) is 19.0 Å². The number of piperidine rings is 1. The van der Waals surface area contributed by atoms with Crippen molar-refractivity contribution >= 4 is 17.3 Å². The van der Waals surface area contributed by atoms with Gasteiger partial charge in [0.2, 0.25) is 0 Å². The molecule has 1 fully saturated rings. The van der Waals surface area contributed by atoms with Crippen LogP contribution < -0.4 is 10.2 Å². The monoisotopic (exact) mass is 316 g/mol. The van der Waals surface area contributed by atoms with E-state index < -0.39 is 17.5 Å². The third-order valence-corrected chi connectivity index (χ3v) is 4.02. The van der Waals surface area contributed by atoms with Gasteiger partial charge in [-0.2, -0.15) is 0 Å². The van der Waals surface area contributed by atoms with Crippen LogP contribution in [0.1, 0.15) is 29.6 Å². The first-order chi connectivity index (χ1) is 11.1. The number of carbonyl (C=O) groups is 1. The summed E-state index contributed by atoms with van der Waals surface area (Å²) >= 11 is 0. The lowest BCUT2D eigenvalue weighted by atomic mass is 10.1. The number of halogens is 2. The van der Waals surface area contributed by atoms with Crippen LogP contribution in [0.2, 0.25) is 0 Å². The number of carbonyl (C=O) groups excluding carboxylic acids is 1. The molecule has 0 atom stereocenters. The smallest absolute Gasteiger partial charge is 0.258 e. The van der Waals surface area contributed by atoms with Gasteiger partial charge in [0, 0.05) is 13.1 Å². The van der Waals surface area contributed by atoms with Crippen LogP contribution in [0.3, 0.4) is 0 Å². The molecule has 23 heavy (non-hydrogen) atoms. The third-order valence-electron chi connectivity index (χ3n) is 4.02. The Balaban J connectivity index is 1.88. The zero-order chi connectivity index (χ0) is 16.2. The Morgan fingerprint density at radius 2 is 1.74 bits per heavy atom. The van der Waals surface area contributed by atoms with Crippen LogP contribution in [0, 0.1) is 11.6 Å². The van der Waals surface area contributed by atoms with Gasteiger partial charge in [-0.1, -0.05) is 12.1 Å². The highest BCUT2D eigenvalue weighted by atomic mass is 19.1. The van der Waals surface area contributed by atoms with Gasteiger partial charge >= 0.3 is 0 Å². The first-order valence-electron chi connectivity index (χ1n) is 7.75. The molecule has 0 spiro atoms. The van der Waals surface area contributed by atoms with Gasteiger partial charge in [0.05, 0.1) is 16.9 Å². The fraction of sp³-hybridized carbons (Fsp3) is 0.278. The van der Waals surface area contributed by atoms with Crippen molar-refractivity contribution in [1.29, 1.82) is 0 Å². The molecule has 3 rings (SSSR count). The Morgan fingerprint density at radius 1 is 1.00 bits per heavy atom. The highest BCUT2D eigenvalue weighted by Crippen LogP contribution is 2.29. The Labute approximate surface area is 133 Å². The number of anilines is 2. The van der Waals surface area contributed by atoms with Gasteiger partial charge in [-0.3, -0.25) is 4.79 Å². The Morgan fingerprint density at radius 3 is 2.48 bits per heavy atom. The SMILES string of the molecule is O=C(Nc1cc(F)ccc1N1CCCCC1)c1ccccc1F. The molecule has 0 aromatic heterocycles. The second-order valence-corrected chi connectivity index (χ2v) is 5.64. The van der Waals surface area contributed by atoms with Gasteiger partial charge in [0.15, 0.2) is 0 Å². The van der Waals surface area contributed by atoms with E-state index in [9.17, 15) is 13.6 Å². The average molecular weight is 316 g/mol. The number of benzene rings is 2. The van der Waals surface area contributed by atoms with Crippen molar-refractivity contribution < 1.29 is 13.6 Å². The predicted molar refractivity (Wildman–Crippen MR) is 86.8 cm³/mol. The van der Waals surface area contributed by atoms with Gasteiger partial charge in [-0.15, -0.1) is 0 Å². The fourth-order valence-corrected chi connectivity index (χ4v) is 2.85. The molecule has 1 aliphatic heterocycles. The highest BCUT2D eigenvalue weighted by Gasteiger charge is 2.18. The maximum atomic E-state index is 13.7. The molecule has 0 radical (unpaired) electrons. The van der Waals surface area contributed by atoms with Crippen molar-refractivity contribution in [2.75, 3.05) is 23.3 Å². The molecule has 120 valence electrons. The molecule has 1 N–H and O–H groups in total. The molecule has 0 aliphatic carbocycles. The van der Waals surface area contributed by atoms with E-state index in [0.717, 1.165) is 31.6 Å². The van der Waals surface area contributed by atoms with E-state index in [0.29, 0.717) is 5.69 Å². The molecule has 2 aromatic rings. The Bertz CT molecular complexity index is 712. The quantitative estimate of drug-likeness (QED) is 0.920. The average Bonchev–Trinajstić information content (AvgIpc) is 2.56. The minimum atomic E-state index is -0.596. The molecule has 1 aliphatic rings. The maximum absolute atomic E-state index is 13.7. The van der Waals surface area contributed by atoms with E-state index in [2.05, 4.69) is 10.2 Å². The lowest BCUT2D eigenvalue weighted by Gasteiger charge is -2.30. The molecular weight excluding hydrogens is 298 g/mol. The van der Waals surface area contributed by atoms with E-state index >= 15 is 0 Å². The Kier molecular flexibility index (Phi) is 4.55. The van der Waals surface area contributed by atoms with E-state index in [4.69, 9.17) is 0 Å². The molecule has 0 saturated carbocycles. The first kappa shape index (κ1) is 15.5. The third kappa shape index (κ3) is 3.50. The lowest BCUT2D eigenvalue weighted by Crippen LogP contribution is -2.30. The second kappa shape index (κ2) is 6.77. The van der Waals surface area contributed by atoms with Gasteiger partial charge in [-0.05, 0) is 49.6 Å². The van der Waals surface area contributed by atoms with Crippen molar-refractivity contribution in [3.63, 3.8) is 0 Å². The topological polar surface area (TPSA) is 32.3 Å². The number of amides is 1. The number of hydrogen-bond donors (Lipinski definition) is 1. The maximum Gasteiger partial charge on any atom is 0.258 e. The molecule has 1 saturated heterocycles. The highest BCUT2D eigenvalue weighted by molar-refractivity contribution is 6.06. The second-order valence-electron chi connectivity index (χ2n) is 5.64. The first-order valence-corrected chi connectivity index (χ1v) is 7.75. The van der Waals surface area contributed by atoms with Crippen molar-refractivity contribution in [3.8, 4) is 0 Å². The van der Waals surface area contributed by atoms with Gasteiger partial charge in [-0.25, -0.2) is 8.78 Å². The fourth-order valence-electron chi connectivity index (χ4n) is 2.85. The molecule has 0 unspecified atom stereocenters. The zero-order valence-electron chi connectivity index (χ0n) is 12.7.